The molecule has 2 rings (SSSR count). The third-order valence-corrected chi connectivity index (χ3v) is 4.39. The Kier molecular flexibility index (Phi) is 4.82. The maximum atomic E-state index is 11.8. The molecule has 2 N–H and O–H groups in total. The summed E-state index contributed by atoms with van der Waals surface area (Å²) in [5.41, 5.74) is -0.982. The Morgan fingerprint density at radius 2 is 1.90 bits per heavy atom. The van der Waals surface area contributed by atoms with Crippen LogP contribution in [0.4, 0.5) is 11.4 Å². The standard InChI is InChI=1S/C14H17BrN2O4/c15-10-5-6-12(17(20)21)11(9-10)16-14(13(18)19)7-3-1-2-4-8-14/h5-6,9,16H,1-4,7-8H2,(H,18,19). The minimum Gasteiger partial charge on any atom is -0.480 e. The lowest BCUT2D eigenvalue weighted by atomic mass is 9.89. The van der Waals surface area contributed by atoms with Gasteiger partial charge in [0.25, 0.3) is 5.69 Å². The number of rotatable bonds is 4. The van der Waals surface area contributed by atoms with Crippen molar-refractivity contribution in [1.29, 1.82) is 0 Å². The van der Waals surface area contributed by atoms with Gasteiger partial charge in [-0.05, 0) is 25.0 Å². The van der Waals surface area contributed by atoms with Crippen molar-refractivity contribution in [2.75, 3.05) is 5.32 Å². The Morgan fingerprint density at radius 1 is 1.29 bits per heavy atom. The molecule has 0 amide bonds. The molecular weight excluding hydrogens is 340 g/mol. The smallest absolute Gasteiger partial charge is 0.329 e. The van der Waals surface area contributed by atoms with Gasteiger partial charge in [0, 0.05) is 10.5 Å². The maximum Gasteiger partial charge on any atom is 0.329 e. The number of hydrogen-bond donors (Lipinski definition) is 2. The number of nitrogens with zero attached hydrogens (tertiary/aromatic N) is 1. The molecule has 1 fully saturated rings. The van der Waals surface area contributed by atoms with Crippen molar-refractivity contribution in [3.05, 3.63) is 32.8 Å². The first-order valence-electron chi connectivity index (χ1n) is 6.90. The Hall–Kier alpha value is -1.63. The van der Waals surface area contributed by atoms with Gasteiger partial charge in [-0.2, -0.15) is 0 Å². The molecule has 0 spiro atoms. The fourth-order valence-corrected chi connectivity index (χ4v) is 3.11. The highest BCUT2D eigenvalue weighted by atomic mass is 79.9. The van der Waals surface area contributed by atoms with E-state index < -0.39 is 16.4 Å². The lowest BCUT2D eigenvalue weighted by Gasteiger charge is -2.30. The highest BCUT2D eigenvalue weighted by molar-refractivity contribution is 9.10. The van der Waals surface area contributed by atoms with Gasteiger partial charge in [-0.3, -0.25) is 10.1 Å². The molecule has 1 aliphatic carbocycles. The molecule has 0 aromatic heterocycles. The van der Waals surface area contributed by atoms with Gasteiger partial charge in [-0.1, -0.05) is 41.6 Å². The minimum atomic E-state index is -1.12. The summed E-state index contributed by atoms with van der Waals surface area (Å²) in [7, 11) is 0. The summed E-state index contributed by atoms with van der Waals surface area (Å²) >= 11 is 3.27. The number of benzene rings is 1. The quantitative estimate of drug-likeness (QED) is 0.484. The molecule has 0 atom stereocenters. The van der Waals surface area contributed by atoms with E-state index in [4.69, 9.17) is 0 Å². The summed E-state index contributed by atoms with van der Waals surface area (Å²) in [6.45, 7) is 0. The Bertz CT molecular complexity index is 554. The SMILES string of the molecule is O=C(O)C1(Nc2cc(Br)ccc2[N+](=O)[O-])CCCCCC1. The molecule has 1 aromatic rings. The van der Waals surface area contributed by atoms with Gasteiger partial charge in [0.2, 0.25) is 0 Å². The highest BCUT2D eigenvalue weighted by Crippen LogP contribution is 2.35. The monoisotopic (exact) mass is 356 g/mol. The van der Waals surface area contributed by atoms with Crippen LogP contribution in [-0.4, -0.2) is 21.5 Å². The van der Waals surface area contributed by atoms with Crippen molar-refractivity contribution in [3.8, 4) is 0 Å². The van der Waals surface area contributed by atoms with Crippen molar-refractivity contribution in [1.82, 2.24) is 0 Å². The summed E-state index contributed by atoms with van der Waals surface area (Å²) in [5.74, 6) is -0.946. The van der Waals surface area contributed by atoms with E-state index in [-0.39, 0.29) is 11.4 Å². The van der Waals surface area contributed by atoms with Crippen LogP contribution in [0.1, 0.15) is 38.5 Å². The third-order valence-electron chi connectivity index (χ3n) is 3.90. The van der Waals surface area contributed by atoms with Crippen molar-refractivity contribution in [3.63, 3.8) is 0 Å². The first-order chi connectivity index (χ1) is 9.94. The topological polar surface area (TPSA) is 92.5 Å². The minimum absolute atomic E-state index is 0.108. The molecule has 0 unspecified atom stereocenters. The average Bonchev–Trinajstić information content (AvgIpc) is 2.65. The van der Waals surface area contributed by atoms with Crippen LogP contribution in [0, 0.1) is 10.1 Å². The van der Waals surface area contributed by atoms with Crippen LogP contribution in [0.15, 0.2) is 22.7 Å². The summed E-state index contributed by atoms with van der Waals surface area (Å²) in [4.78, 5) is 22.4. The zero-order valence-corrected chi connectivity index (χ0v) is 13.1. The molecule has 7 heteroatoms. The molecule has 0 saturated heterocycles. The summed E-state index contributed by atoms with van der Waals surface area (Å²) in [6.07, 6.45) is 4.56. The average molecular weight is 357 g/mol. The normalized spacial score (nSPS) is 17.8. The van der Waals surface area contributed by atoms with E-state index in [2.05, 4.69) is 21.2 Å². The van der Waals surface area contributed by atoms with E-state index in [9.17, 15) is 20.0 Å². The van der Waals surface area contributed by atoms with Gasteiger partial charge in [0.05, 0.1) is 4.92 Å². The Balaban J connectivity index is 2.39. The molecule has 114 valence electrons. The molecular formula is C14H17BrN2O4. The van der Waals surface area contributed by atoms with E-state index in [1.165, 1.54) is 6.07 Å². The molecule has 0 radical (unpaired) electrons. The van der Waals surface area contributed by atoms with Gasteiger partial charge in [-0.15, -0.1) is 0 Å². The van der Waals surface area contributed by atoms with Crippen LogP contribution in [-0.2, 0) is 4.79 Å². The van der Waals surface area contributed by atoms with Crippen LogP contribution in [0.3, 0.4) is 0 Å². The lowest BCUT2D eigenvalue weighted by molar-refractivity contribution is -0.384. The van der Waals surface area contributed by atoms with Crippen molar-refractivity contribution >= 4 is 33.3 Å². The summed E-state index contributed by atoms with van der Waals surface area (Å²) in [6, 6.07) is 4.51. The van der Waals surface area contributed by atoms with Crippen LogP contribution in [0.25, 0.3) is 0 Å². The molecule has 0 aliphatic heterocycles. The zero-order valence-electron chi connectivity index (χ0n) is 11.5. The predicted octanol–water partition coefficient (Wildman–Crippen LogP) is 3.95. The number of nitrogens with one attached hydrogen (secondary N) is 1. The highest BCUT2D eigenvalue weighted by Gasteiger charge is 2.39. The first kappa shape index (κ1) is 15.8. The molecule has 0 bridgehead atoms. The second-order valence-corrected chi connectivity index (χ2v) is 6.26. The van der Waals surface area contributed by atoms with Gasteiger partial charge < -0.3 is 10.4 Å². The molecule has 21 heavy (non-hydrogen) atoms. The number of aliphatic carboxylic acids is 1. The first-order valence-corrected chi connectivity index (χ1v) is 7.69. The number of halogens is 1. The Morgan fingerprint density at radius 3 is 2.43 bits per heavy atom. The van der Waals surface area contributed by atoms with Gasteiger partial charge in [0.15, 0.2) is 0 Å². The van der Waals surface area contributed by atoms with Crippen molar-refractivity contribution < 1.29 is 14.8 Å². The number of nitro groups is 1. The van der Waals surface area contributed by atoms with E-state index in [0.29, 0.717) is 17.3 Å². The number of carboxylic acid groups (broad SMARTS) is 1. The second kappa shape index (κ2) is 6.43. The fraction of sp³-hybridized carbons (Fsp3) is 0.500. The fourth-order valence-electron chi connectivity index (χ4n) is 2.75. The van der Waals surface area contributed by atoms with E-state index in [1.807, 2.05) is 0 Å². The van der Waals surface area contributed by atoms with Crippen LogP contribution >= 0.6 is 15.9 Å². The van der Waals surface area contributed by atoms with Crippen LogP contribution in [0.5, 0.6) is 0 Å². The lowest BCUT2D eigenvalue weighted by Crippen LogP contribution is -2.46. The number of nitro benzene ring substituents is 1. The summed E-state index contributed by atoms with van der Waals surface area (Å²) in [5, 5.41) is 23.7. The second-order valence-electron chi connectivity index (χ2n) is 5.35. The molecule has 6 nitrogen and oxygen atoms in total. The molecule has 1 aliphatic rings. The van der Waals surface area contributed by atoms with E-state index >= 15 is 0 Å². The van der Waals surface area contributed by atoms with Crippen molar-refractivity contribution in [2.45, 2.75) is 44.1 Å². The van der Waals surface area contributed by atoms with Crippen molar-refractivity contribution in [2.24, 2.45) is 0 Å². The van der Waals surface area contributed by atoms with Crippen LogP contribution < -0.4 is 5.32 Å². The maximum absolute atomic E-state index is 11.8. The predicted molar refractivity (Wildman–Crippen MR) is 82.5 cm³/mol. The van der Waals surface area contributed by atoms with Crippen LogP contribution in [0.2, 0.25) is 0 Å². The molecule has 0 heterocycles. The number of anilines is 1. The van der Waals surface area contributed by atoms with E-state index in [0.717, 1.165) is 25.7 Å². The largest absolute Gasteiger partial charge is 0.480 e. The molecule has 1 aromatic carbocycles. The number of carbonyl (C=O) groups is 1. The zero-order chi connectivity index (χ0) is 15.5. The van der Waals surface area contributed by atoms with E-state index in [1.54, 1.807) is 12.1 Å². The number of carboxylic acids is 1. The number of hydrogen-bond acceptors (Lipinski definition) is 4. The third kappa shape index (κ3) is 3.53. The van der Waals surface area contributed by atoms with Gasteiger partial charge >= 0.3 is 5.97 Å². The van der Waals surface area contributed by atoms with Gasteiger partial charge in [0.1, 0.15) is 11.2 Å². The molecule has 1 saturated carbocycles. The summed E-state index contributed by atoms with van der Waals surface area (Å²) < 4.78 is 0.671. The van der Waals surface area contributed by atoms with Gasteiger partial charge in [-0.25, -0.2) is 4.79 Å². The Labute approximate surface area is 130 Å².